The zero-order valence-electron chi connectivity index (χ0n) is 16.6. The van der Waals surface area contributed by atoms with Gasteiger partial charge in [-0.25, -0.2) is 23.4 Å². The van der Waals surface area contributed by atoms with E-state index in [0.29, 0.717) is 26.2 Å². The van der Waals surface area contributed by atoms with Crippen LogP contribution in [0, 0.1) is 11.8 Å². The molecular formula is C19H23N7O3S. The molecule has 0 bridgehead atoms. The zero-order valence-corrected chi connectivity index (χ0v) is 17.4. The second kappa shape index (κ2) is 7.56. The maximum Gasteiger partial charge on any atom is 0.244 e. The van der Waals surface area contributed by atoms with Crippen molar-refractivity contribution >= 4 is 27.0 Å². The summed E-state index contributed by atoms with van der Waals surface area (Å²) in [5.41, 5.74) is 1.56. The number of nitrogens with zero attached hydrogens (tertiary/aromatic N) is 7. The monoisotopic (exact) mass is 429 g/mol. The van der Waals surface area contributed by atoms with Gasteiger partial charge in [-0.1, -0.05) is 0 Å². The maximum absolute atomic E-state index is 12.9. The van der Waals surface area contributed by atoms with Gasteiger partial charge in [0.1, 0.15) is 11.2 Å². The van der Waals surface area contributed by atoms with Crippen LogP contribution in [0.5, 0.6) is 0 Å². The van der Waals surface area contributed by atoms with Gasteiger partial charge in [0.2, 0.25) is 10.0 Å². The van der Waals surface area contributed by atoms with Gasteiger partial charge in [0.05, 0.1) is 12.9 Å². The highest BCUT2D eigenvalue weighted by molar-refractivity contribution is 7.89. The first-order chi connectivity index (χ1) is 14.6. The normalized spacial score (nSPS) is 22.1. The molecule has 2 fully saturated rings. The van der Waals surface area contributed by atoms with E-state index in [-0.39, 0.29) is 16.7 Å². The van der Waals surface area contributed by atoms with Crippen LogP contribution in [0.1, 0.15) is 0 Å². The van der Waals surface area contributed by atoms with Crippen LogP contribution in [0.25, 0.3) is 11.2 Å². The molecule has 2 unspecified atom stereocenters. The molecule has 0 spiro atoms. The van der Waals surface area contributed by atoms with Gasteiger partial charge >= 0.3 is 0 Å². The van der Waals surface area contributed by atoms with Gasteiger partial charge in [0.25, 0.3) is 0 Å². The van der Waals surface area contributed by atoms with Crippen LogP contribution in [0.3, 0.4) is 0 Å². The van der Waals surface area contributed by atoms with E-state index in [1.807, 2.05) is 4.57 Å². The molecule has 2 aliphatic heterocycles. The Bertz CT molecular complexity index is 1140. The summed E-state index contributed by atoms with van der Waals surface area (Å²) in [7, 11) is -1.84. The molecule has 3 aromatic heterocycles. The number of aromatic nitrogens is 5. The SMILES string of the molecule is COCCn1cnc2c(N3CC4CN(S(=O)(=O)c5cccnc5)CC4C3)ncnc21. The Balaban J connectivity index is 1.33. The molecule has 2 aliphatic rings. The number of hydrogen-bond donors (Lipinski definition) is 0. The predicted molar refractivity (Wildman–Crippen MR) is 109 cm³/mol. The first-order valence-corrected chi connectivity index (χ1v) is 11.3. The summed E-state index contributed by atoms with van der Waals surface area (Å²) in [6.45, 7) is 3.78. The molecule has 0 aromatic carbocycles. The van der Waals surface area contributed by atoms with Crippen LogP contribution in [0.2, 0.25) is 0 Å². The van der Waals surface area contributed by atoms with Crippen molar-refractivity contribution in [1.29, 1.82) is 0 Å². The number of imidazole rings is 1. The summed E-state index contributed by atoms with van der Waals surface area (Å²) in [4.78, 5) is 19.8. The fraction of sp³-hybridized carbons (Fsp3) is 0.474. The fourth-order valence-electron chi connectivity index (χ4n) is 4.42. The van der Waals surface area contributed by atoms with Crippen molar-refractivity contribution < 1.29 is 13.2 Å². The molecule has 30 heavy (non-hydrogen) atoms. The summed E-state index contributed by atoms with van der Waals surface area (Å²) < 4.78 is 34.5. The number of fused-ring (bicyclic) bond motifs is 2. The van der Waals surface area contributed by atoms with Crippen molar-refractivity contribution in [3.05, 3.63) is 37.2 Å². The van der Waals surface area contributed by atoms with Gasteiger partial charge in [-0.3, -0.25) is 4.98 Å². The van der Waals surface area contributed by atoms with Gasteiger partial charge < -0.3 is 14.2 Å². The van der Waals surface area contributed by atoms with Crippen molar-refractivity contribution in [2.45, 2.75) is 11.4 Å². The zero-order chi connectivity index (χ0) is 20.7. The minimum Gasteiger partial charge on any atom is -0.383 e. The fourth-order valence-corrected chi connectivity index (χ4v) is 5.94. The predicted octanol–water partition coefficient (Wildman–Crippen LogP) is 0.625. The molecule has 10 nitrogen and oxygen atoms in total. The lowest BCUT2D eigenvalue weighted by molar-refractivity contribution is 0.188. The molecule has 5 heterocycles. The first kappa shape index (κ1) is 19.3. The Labute approximate surface area is 174 Å². The van der Waals surface area contributed by atoms with E-state index in [2.05, 4.69) is 24.8 Å². The molecule has 0 aliphatic carbocycles. The highest BCUT2D eigenvalue weighted by atomic mass is 32.2. The Kier molecular flexibility index (Phi) is 4.88. The second-order valence-electron chi connectivity index (χ2n) is 7.74. The van der Waals surface area contributed by atoms with E-state index in [9.17, 15) is 8.42 Å². The number of ether oxygens (including phenoxy) is 1. The highest BCUT2D eigenvalue weighted by Gasteiger charge is 2.45. The third kappa shape index (κ3) is 3.22. The van der Waals surface area contributed by atoms with Crippen LogP contribution < -0.4 is 4.90 Å². The molecule has 158 valence electrons. The summed E-state index contributed by atoms with van der Waals surface area (Å²) in [5.74, 6) is 1.33. The quantitative estimate of drug-likeness (QED) is 0.562. The third-order valence-corrected chi connectivity index (χ3v) is 7.76. The standard InChI is InChI=1S/C19H23N7O3S/c1-29-6-5-24-13-23-17-18(24)21-12-22-19(17)25-8-14-10-26(11-15(14)9-25)30(27,28)16-3-2-4-20-7-16/h2-4,7,12-15H,5-6,8-11H2,1H3. The summed E-state index contributed by atoms with van der Waals surface area (Å²) in [6.07, 6.45) is 6.32. The van der Waals surface area contributed by atoms with Crippen LogP contribution in [-0.2, 0) is 21.3 Å². The number of sulfonamides is 1. The minimum atomic E-state index is -3.50. The molecule has 5 rings (SSSR count). The van der Waals surface area contributed by atoms with Crippen molar-refractivity contribution in [1.82, 2.24) is 28.8 Å². The van der Waals surface area contributed by atoms with E-state index in [4.69, 9.17) is 4.74 Å². The van der Waals surface area contributed by atoms with Gasteiger partial charge in [-0.2, -0.15) is 4.31 Å². The van der Waals surface area contributed by atoms with Crippen molar-refractivity contribution in [2.24, 2.45) is 11.8 Å². The largest absolute Gasteiger partial charge is 0.383 e. The van der Waals surface area contributed by atoms with Gasteiger partial charge in [-0.05, 0) is 24.0 Å². The van der Waals surface area contributed by atoms with Crippen molar-refractivity contribution in [2.75, 3.05) is 44.8 Å². The van der Waals surface area contributed by atoms with E-state index >= 15 is 0 Å². The average Bonchev–Trinajstić information content (AvgIpc) is 3.46. The Morgan fingerprint density at radius 2 is 1.93 bits per heavy atom. The van der Waals surface area contributed by atoms with E-state index in [1.165, 1.54) is 6.20 Å². The molecule has 2 saturated heterocycles. The maximum atomic E-state index is 12.9. The van der Waals surface area contributed by atoms with Crippen molar-refractivity contribution in [3.63, 3.8) is 0 Å². The Hall–Kier alpha value is -2.63. The Morgan fingerprint density at radius 3 is 2.63 bits per heavy atom. The van der Waals surface area contributed by atoms with E-state index in [1.54, 1.807) is 42.4 Å². The molecule has 0 N–H and O–H groups in total. The second-order valence-corrected chi connectivity index (χ2v) is 9.67. The minimum absolute atomic E-state index is 0.251. The first-order valence-electron chi connectivity index (χ1n) is 9.88. The average molecular weight is 430 g/mol. The molecule has 3 aromatic rings. The smallest absolute Gasteiger partial charge is 0.244 e. The van der Waals surface area contributed by atoms with Crippen LogP contribution in [-0.4, -0.2) is 77.1 Å². The van der Waals surface area contributed by atoms with Crippen LogP contribution in [0.15, 0.2) is 42.1 Å². The van der Waals surface area contributed by atoms with Crippen LogP contribution in [0.4, 0.5) is 5.82 Å². The number of methoxy groups -OCH3 is 1. The molecule has 0 amide bonds. The molecule has 2 atom stereocenters. The summed E-state index contributed by atoms with van der Waals surface area (Å²) in [5, 5.41) is 0. The summed E-state index contributed by atoms with van der Waals surface area (Å²) >= 11 is 0. The van der Waals surface area contributed by atoms with E-state index in [0.717, 1.165) is 30.1 Å². The molecular weight excluding hydrogens is 406 g/mol. The number of anilines is 1. The third-order valence-electron chi connectivity index (χ3n) is 5.94. The lowest BCUT2D eigenvalue weighted by Gasteiger charge is -2.22. The lowest BCUT2D eigenvalue weighted by atomic mass is 10.0. The van der Waals surface area contributed by atoms with Crippen molar-refractivity contribution in [3.8, 4) is 0 Å². The topological polar surface area (TPSA) is 106 Å². The van der Waals surface area contributed by atoms with Crippen LogP contribution >= 0.6 is 0 Å². The van der Waals surface area contributed by atoms with E-state index < -0.39 is 10.0 Å². The van der Waals surface area contributed by atoms with Gasteiger partial charge in [0.15, 0.2) is 17.0 Å². The molecule has 0 radical (unpaired) electrons. The summed E-state index contributed by atoms with van der Waals surface area (Å²) in [6, 6.07) is 3.25. The lowest BCUT2D eigenvalue weighted by Crippen LogP contribution is -2.33. The molecule has 11 heteroatoms. The highest BCUT2D eigenvalue weighted by Crippen LogP contribution is 2.37. The van der Waals surface area contributed by atoms with Gasteiger partial charge in [0, 0.05) is 52.2 Å². The number of pyridine rings is 1. The number of rotatable bonds is 6. The number of hydrogen-bond acceptors (Lipinski definition) is 8. The molecule has 0 saturated carbocycles. The Morgan fingerprint density at radius 1 is 1.13 bits per heavy atom. The van der Waals surface area contributed by atoms with Gasteiger partial charge in [-0.15, -0.1) is 0 Å².